The van der Waals surface area contributed by atoms with Crippen molar-refractivity contribution in [1.82, 2.24) is 14.9 Å². The molecule has 11 nitrogen and oxygen atoms in total. The van der Waals surface area contributed by atoms with E-state index in [1.165, 1.54) is 10.6 Å². The van der Waals surface area contributed by atoms with E-state index in [9.17, 15) is 19.8 Å². The van der Waals surface area contributed by atoms with Gasteiger partial charge in [0.15, 0.2) is 0 Å². The molecule has 2 aliphatic rings. The minimum atomic E-state index is -0.927. The van der Waals surface area contributed by atoms with Crippen LogP contribution in [0.5, 0.6) is 5.75 Å². The summed E-state index contributed by atoms with van der Waals surface area (Å²) in [6, 6.07) is 20.9. The molecule has 11 heteroatoms. The van der Waals surface area contributed by atoms with Crippen molar-refractivity contribution in [1.29, 1.82) is 0 Å². The smallest absolute Gasteiger partial charge is 0.254 e. The molecular formula is C35H45N5O6. The number of aliphatic hydroxyl groups excluding tert-OH is 2. The summed E-state index contributed by atoms with van der Waals surface area (Å²) in [6.07, 6.45) is 0.00825. The van der Waals surface area contributed by atoms with Gasteiger partial charge in [0.25, 0.3) is 5.91 Å². The fourth-order valence-corrected chi connectivity index (χ4v) is 6.61. The van der Waals surface area contributed by atoms with Crippen molar-refractivity contribution in [2.75, 3.05) is 66.0 Å². The third-order valence-corrected chi connectivity index (χ3v) is 9.03. The number of aliphatic hydroxyl groups is 2. The number of nitrogens with two attached hydrogens (primary N) is 1. The van der Waals surface area contributed by atoms with Crippen LogP contribution in [0.15, 0.2) is 66.7 Å². The summed E-state index contributed by atoms with van der Waals surface area (Å²) in [5, 5.41) is 21.1. The Morgan fingerprint density at radius 3 is 2.43 bits per heavy atom. The number of hydrogen-bond acceptors (Lipinski definition) is 9. The second-order valence-electron chi connectivity index (χ2n) is 12.4. The molecule has 2 saturated heterocycles. The van der Waals surface area contributed by atoms with E-state index in [1.807, 2.05) is 78.5 Å². The molecule has 4 atom stereocenters. The number of ether oxygens (including phenoxy) is 1. The molecule has 0 aromatic heterocycles. The Labute approximate surface area is 270 Å². The van der Waals surface area contributed by atoms with Crippen LogP contribution >= 0.6 is 0 Å². The van der Waals surface area contributed by atoms with Crippen molar-refractivity contribution in [3.05, 3.63) is 83.4 Å². The third kappa shape index (κ3) is 7.03. The summed E-state index contributed by atoms with van der Waals surface area (Å²) < 4.78 is 5.94. The van der Waals surface area contributed by atoms with Gasteiger partial charge in [-0.05, 0) is 42.8 Å². The molecular weight excluding hydrogens is 586 g/mol. The summed E-state index contributed by atoms with van der Waals surface area (Å²) in [6.45, 7) is 1.62. The van der Waals surface area contributed by atoms with E-state index < -0.39 is 24.0 Å². The lowest BCUT2D eigenvalue weighted by Crippen LogP contribution is -2.54. The van der Waals surface area contributed by atoms with Gasteiger partial charge < -0.3 is 35.4 Å². The van der Waals surface area contributed by atoms with Gasteiger partial charge in [0.2, 0.25) is 5.91 Å². The molecule has 0 saturated carbocycles. The Bertz CT molecular complexity index is 1520. The molecule has 2 unspecified atom stereocenters. The monoisotopic (exact) mass is 631 g/mol. The van der Waals surface area contributed by atoms with Crippen LogP contribution < -0.4 is 15.4 Å². The highest BCUT2D eigenvalue weighted by Crippen LogP contribution is 2.38. The van der Waals surface area contributed by atoms with Gasteiger partial charge in [-0.2, -0.15) is 5.06 Å². The number of piperazine rings is 1. The van der Waals surface area contributed by atoms with Crippen LogP contribution in [0.3, 0.4) is 0 Å². The van der Waals surface area contributed by atoms with Crippen LogP contribution in [0.1, 0.15) is 21.5 Å². The summed E-state index contributed by atoms with van der Waals surface area (Å²) in [4.78, 5) is 38.8. The fraction of sp³-hybridized carbons (Fsp3) is 0.429. The van der Waals surface area contributed by atoms with E-state index in [0.717, 1.165) is 36.3 Å². The largest absolute Gasteiger partial charge is 0.496 e. The highest BCUT2D eigenvalue weighted by molar-refractivity contribution is 5.97. The highest BCUT2D eigenvalue weighted by Gasteiger charge is 2.46. The van der Waals surface area contributed by atoms with Gasteiger partial charge in [-0.15, -0.1) is 0 Å². The lowest BCUT2D eigenvalue weighted by atomic mass is 9.94. The molecule has 46 heavy (non-hydrogen) atoms. The Morgan fingerprint density at radius 2 is 1.78 bits per heavy atom. The number of anilines is 1. The maximum atomic E-state index is 14.3. The number of para-hydroxylation sites is 1. The molecule has 2 fully saturated rings. The number of nitrogens with zero attached hydrogens (tertiary/aromatic N) is 4. The van der Waals surface area contributed by atoms with Crippen LogP contribution in [-0.2, 0) is 22.6 Å². The van der Waals surface area contributed by atoms with E-state index >= 15 is 0 Å². The van der Waals surface area contributed by atoms with Crippen LogP contribution in [0, 0.1) is 5.92 Å². The lowest BCUT2D eigenvalue weighted by Gasteiger charge is -2.40. The number of amides is 2. The maximum absolute atomic E-state index is 14.3. The number of hydrogen-bond donors (Lipinski definition) is 3. The average Bonchev–Trinajstić information content (AvgIpc) is 3.42. The minimum Gasteiger partial charge on any atom is -0.496 e. The maximum Gasteiger partial charge on any atom is 0.254 e. The summed E-state index contributed by atoms with van der Waals surface area (Å²) in [5.74, 6) is -0.782. The Hall–Kier alpha value is -4.00. The molecule has 2 aliphatic heterocycles. The van der Waals surface area contributed by atoms with E-state index in [1.54, 1.807) is 7.11 Å². The number of carbonyl (C=O) groups is 2. The van der Waals surface area contributed by atoms with E-state index in [2.05, 4.69) is 24.1 Å². The zero-order valence-electron chi connectivity index (χ0n) is 27.0. The molecule has 5 rings (SSSR count). The molecule has 2 heterocycles. The zero-order chi connectivity index (χ0) is 33.0. The highest BCUT2D eigenvalue weighted by atomic mass is 16.7. The molecule has 4 N–H and O–H groups in total. The number of hydroxylamine groups is 2. The van der Waals surface area contributed by atoms with Crippen molar-refractivity contribution < 1.29 is 29.4 Å². The van der Waals surface area contributed by atoms with Crippen LogP contribution in [0.4, 0.5) is 5.69 Å². The first-order chi connectivity index (χ1) is 22.1. The van der Waals surface area contributed by atoms with Crippen molar-refractivity contribution in [2.24, 2.45) is 11.7 Å². The van der Waals surface area contributed by atoms with Crippen molar-refractivity contribution in [3.63, 3.8) is 0 Å². The van der Waals surface area contributed by atoms with Crippen LogP contribution in [0.25, 0.3) is 11.1 Å². The number of rotatable bonds is 11. The molecule has 0 spiro atoms. The van der Waals surface area contributed by atoms with Gasteiger partial charge in [-0.1, -0.05) is 48.5 Å². The van der Waals surface area contributed by atoms with Gasteiger partial charge in [-0.3, -0.25) is 14.4 Å². The van der Waals surface area contributed by atoms with Gasteiger partial charge in [0, 0.05) is 68.1 Å². The SMILES string of the molecule is COc1c(CN2OC(CO)[C@@H](CO)[C@H]2C(N)=O)cccc1-c1cc(C(=O)N2CCN(C)CC2Cc2ccccc2)cc(N(C)C)c1. The number of primary amides is 1. The molecule has 246 valence electrons. The van der Waals surface area contributed by atoms with Gasteiger partial charge in [0.1, 0.15) is 17.9 Å². The topological polar surface area (TPSA) is 132 Å². The van der Waals surface area contributed by atoms with Crippen LogP contribution in [0.2, 0.25) is 0 Å². The first-order valence-electron chi connectivity index (χ1n) is 15.6. The predicted octanol–water partition coefficient (Wildman–Crippen LogP) is 2.00. The molecule has 2 amide bonds. The summed E-state index contributed by atoms with van der Waals surface area (Å²) in [5.41, 5.74) is 10.6. The van der Waals surface area contributed by atoms with E-state index in [4.69, 9.17) is 15.3 Å². The average molecular weight is 632 g/mol. The second kappa shape index (κ2) is 14.6. The van der Waals surface area contributed by atoms with Gasteiger partial charge >= 0.3 is 0 Å². The summed E-state index contributed by atoms with van der Waals surface area (Å²) >= 11 is 0. The van der Waals surface area contributed by atoms with Gasteiger partial charge in [-0.25, -0.2) is 0 Å². The molecule has 3 aromatic carbocycles. The lowest BCUT2D eigenvalue weighted by molar-refractivity contribution is -0.180. The number of benzene rings is 3. The molecule has 0 aliphatic carbocycles. The third-order valence-electron chi connectivity index (χ3n) is 9.03. The second-order valence-corrected chi connectivity index (χ2v) is 12.4. The Balaban J connectivity index is 1.49. The van der Waals surface area contributed by atoms with Crippen molar-refractivity contribution >= 4 is 17.5 Å². The van der Waals surface area contributed by atoms with Crippen molar-refractivity contribution in [2.45, 2.75) is 31.2 Å². The normalized spacial score (nSPS) is 22.2. The van der Waals surface area contributed by atoms with Crippen molar-refractivity contribution in [3.8, 4) is 16.9 Å². The van der Waals surface area contributed by atoms with E-state index in [0.29, 0.717) is 23.4 Å². The summed E-state index contributed by atoms with van der Waals surface area (Å²) in [7, 11) is 7.56. The van der Waals surface area contributed by atoms with Gasteiger partial charge in [0.05, 0.1) is 26.9 Å². The number of methoxy groups -OCH3 is 1. The molecule has 0 radical (unpaired) electrons. The fourth-order valence-electron chi connectivity index (χ4n) is 6.61. The number of likely N-dealkylation sites (N-methyl/N-ethyl adjacent to an activating group) is 1. The first-order valence-corrected chi connectivity index (χ1v) is 15.6. The standard InChI is InChI=1S/C35H45N5O6/c1-37(2)27-17-25(16-26(18-27)35(44)39-14-13-38(3)20-28(39)15-23-9-6-5-7-10-23)29-12-8-11-24(33(29)45-4)19-40-32(34(36)43)30(21-41)31(22-42)46-40/h5-12,16-18,28,30-32,41-42H,13-15,19-22H2,1-4H3,(H2,36,43)/t28?,30-,31?,32+/m1/s1. The molecule has 3 aromatic rings. The van der Waals surface area contributed by atoms with E-state index in [-0.39, 0.29) is 31.7 Å². The zero-order valence-corrected chi connectivity index (χ0v) is 27.0. The molecule has 0 bridgehead atoms. The Kier molecular flexibility index (Phi) is 10.6. The number of carbonyl (C=O) groups excluding carboxylic acids is 2. The van der Waals surface area contributed by atoms with Crippen LogP contribution in [-0.4, -0.2) is 116 Å². The Morgan fingerprint density at radius 1 is 1.02 bits per heavy atom. The quantitative estimate of drug-likeness (QED) is 0.291. The first kappa shape index (κ1) is 33.4. The predicted molar refractivity (Wildman–Crippen MR) is 176 cm³/mol. The minimum absolute atomic E-state index is 0.0195.